The van der Waals surface area contributed by atoms with Crippen molar-refractivity contribution in [3.63, 3.8) is 0 Å². The molecule has 1 amide bonds. The number of nitrogens with zero attached hydrogens (tertiary/aromatic N) is 3. The van der Waals surface area contributed by atoms with E-state index in [0.717, 1.165) is 0 Å². The molecular weight excluding hydrogens is 684 g/mol. The average Bonchev–Trinajstić information content (AvgIpc) is 3.62. The van der Waals surface area contributed by atoms with Gasteiger partial charge in [0.1, 0.15) is 28.5 Å². The molecule has 1 aliphatic heterocycles. The van der Waals surface area contributed by atoms with Gasteiger partial charge in [-0.15, -0.1) is 0 Å². The number of ether oxygens (including phenoxy) is 4. The van der Waals surface area contributed by atoms with Gasteiger partial charge in [-0.05, 0) is 74.1 Å². The van der Waals surface area contributed by atoms with Crippen LogP contribution in [0.5, 0.6) is 28.7 Å². The Morgan fingerprint density at radius 1 is 1.04 bits per heavy atom. The van der Waals surface area contributed by atoms with E-state index in [1.807, 2.05) is 6.07 Å². The van der Waals surface area contributed by atoms with E-state index in [1.165, 1.54) is 27.4 Å². The molecule has 280 valence electrons. The number of pyridine rings is 1. The standard InChI is InChI=1S/C39H44N4O10/c1-23-11-10-14-26(44)13-7-5-6-12-24-19-29(45)35(36(47)34(24)39(48)52-23)27(25-20-30(49-2)37(51-4)31(21-25)50-3)22-32(46)41-18-16-33-42-38(43-53-33)28-15-8-9-17-40-28/h6,8-9,12,15,17,19-21,23,27,45,47H,5,7,10-11,13-14,16,18,22H2,1-4H3,(H,41,46)/b12-6+/t23-,27?/m0/s1. The van der Waals surface area contributed by atoms with Crippen LogP contribution < -0.4 is 19.5 Å². The zero-order chi connectivity index (χ0) is 37.9. The summed E-state index contributed by atoms with van der Waals surface area (Å²) >= 11 is 0. The Labute approximate surface area is 307 Å². The largest absolute Gasteiger partial charge is 0.507 e. The molecule has 2 aromatic carbocycles. The highest BCUT2D eigenvalue weighted by molar-refractivity contribution is 5.98. The summed E-state index contributed by atoms with van der Waals surface area (Å²) in [5, 5.41) is 30.3. The van der Waals surface area contributed by atoms with Crippen molar-refractivity contribution in [2.45, 2.75) is 70.3 Å². The number of fused-ring (bicyclic) bond motifs is 1. The number of benzene rings is 2. The highest BCUT2D eigenvalue weighted by Crippen LogP contribution is 2.47. The van der Waals surface area contributed by atoms with Crippen LogP contribution in [-0.2, 0) is 20.7 Å². The minimum Gasteiger partial charge on any atom is -0.507 e. The van der Waals surface area contributed by atoms with Crippen molar-refractivity contribution in [1.82, 2.24) is 20.4 Å². The topological polar surface area (TPSA) is 192 Å². The first-order valence-corrected chi connectivity index (χ1v) is 17.4. The first kappa shape index (κ1) is 38.3. The molecule has 14 nitrogen and oxygen atoms in total. The Morgan fingerprint density at radius 2 is 1.79 bits per heavy atom. The molecule has 3 N–H and O–H groups in total. The second-order valence-electron chi connectivity index (χ2n) is 12.6. The number of phenols is 2. The molecule has 0 saturated carbocycles. The number of cyclic esters (lactones) is 1. The van der Waals surface area contributed by atoms with Gasteiger partial charge >= 0.3 is 5.97 Å². The molecular formula is C39H44N4O10. The third-order valence-electron chi connectivity index (χ3n) is 8.90. The van der Waals surface area contributed by atoms with E-state index in [4.69, 9.17) is 23.5 Å². The second kappa shape index (κ2) is 18.0. The summed E-state index contributed by atoms with van der Waals surface area (Å²) in [4.78, 5) is 48.2. The molecule has 2 atom stereocenters. The quantitative estimate of drug-likeness (QED) is 0.154. The fraction of sp³-hybridized carbons (Fsp3) is 0.385. The zero-order valence-electron chi connectivity index (χ0n) is 30.2. The van der Waals surface area contributed by atoms with E-state index in [2.05, 4.69) is 20.4 Å². The molecule has 3 heterocycles. The predicted molar refractivity (Wildman–Crippen MR) is 193 cm³/mol. The van der Waals surface area contributed by atoms with Gasteiger partial charge in [-0.3, -0.25) is 14.6 Å². The van der Waals surface area contributed by atoms with Gasteiger partial charge in [0, 0.05) is 49.9 Å². The normalized spacial score (nSPS) is 16.4. The molecule has 0 saturated heterocycles. The number of phenolic OH excluding ortho intramolecular Hbond substituents is 2. The molecule has 14 heteroatoms. The number of hydrogen-bond donors (Lipinski definition) is 3. The maximum atomic E-state index is 13.7. The molecule has 0 spiro atoms. The van der Waals surface area contributed by atoms with Gasteiger partial charge in [-0.2, -0.15) is 4.98 Å². The number of nitrogens with one attached hydrogen (secondary N) is 1. The number of carbonyl (C=O) groups is 3. The van der Waals surface area contributed by atoms with Crippen LogP contribution in [0.2, 0.25) is 0 Å². The SMILES string of the molecule is COc1cc(C(CC(=O)NCCc2nc(-c3ccccn3)no2)c2c(O)cc3c(c2O)C(=O)O[C@@H](C)CCCC(=O)CCC/C=C/3)cc(OC)c1OC. The number of aromatic nitrogens is 3. The van der Waals surface area contributed by atoms with Crippen LogP contribution in [0, 0.1) is 0 Å². The van der Waals surface area contributed by atoms with Gasteiger partial charge in [-0.1, -0.05) is 23.4 Å². The van der Waals surface area contributed by atoms with E-state index < -0.39 is 29.6 Å². The Kier molecular flexibility index (Phi) is 13.0. The number of methoxy groups -OCH3 is 3. The van der Waals surface area contributed by atoms with Crippen molar-refractivity contribution in [3.05, 3.63) is 76.8 Å². The zero-order valence-corrected chi connectivity index (χ0v) is 30.2. The third kappa shape index (κ3) is 9.50. The minimum atomic E-state index is -1.03. The summed E-state index contributed by atoms with van der Waals surface area (Å²) in [5.41, 5.74) is 0.952. The molecule has 0 fully saturated rings. The number of esters is 1. The fourth-order valence-electron chi connectivity index (χ4n) is 6.23. The van der Waals surface area contributed by atoms with Gasteiger partial charge in [0.25, 0.3) is 0 Å². The molecule has 0 aliphatic carbocycles. The van der Waals surface area contributed by atoms with E-state index in [0.29, 0.717) is 67.2 Å². The number of Topliss-reactive ketones (excluding diaryl/α,β-unsaturated/α-hetero) is 1. The molecule has 4 aromatic rings. The number of carbonyl (C=O) groups excluding carboxylic acids is 3. The van der Waals surface area contributed by atoms with E-state index >= 15 is 0 Å². The van der Waals surface area contributed by atoms with Crippen molar-refractivity contribution >= 4 is 23.7 Å². The Hall–Kier alpha value is -5.92. The summed E-state index contributed by atoms with van der Waals surface area (Å²) < 4.78 is 27.7. The maximum Gasteiger partial charge on any atom is 0.342 e. The highest BCUT2D eigenvalue weighted by Gasteiger charge is 2.32. The lowest BCUT2D eigenvalue weighted by Crippen LogP contribution is -2.27. The van der Waals surface area contributed by atoms with Gasteiger partial charge in [0.2, 0.25) is 23.4 Å². The summed E-state index contributed by atoms with van der Waals surface area (Å²) in [6.07, 6.45) is 7.40. The van der Waals surface area contributed by atoms with Crippen molar-refractivity contribution in [3.8, 4) is 40.3 Å². The van der Waals surface area contributed by atoms with Crippen LogP contribution in [0.15, 0.2) is 53.2 Å². The maximum absolute atomic E-state index is 13.7. The Bertz CT molecular complexity index is 1920. The molecule has 0 bridgehead atoms. The molecule has 5 rings (SSSR count). The van der Waals surface area contributed by atoms with Gasteiger partial charge in [0.05, 0.1) is 27.4 Å². The number of rotatable bonds is 11. The van der Waals surface area contributed by atoms with Crippen LogP contribution >= 0.6 is 0 Å². The highest BCUT2D eigenvalue weighted by atomic mass is 16.5. The van der Waals surface area contributed by atoms with Crippen molar-refractivity contribution in [2.75, 3.05) is 27.9 Å². The summed E-state index contributed by atoms with van der Waals surface area (Å²) in [7, 11) is 4.34. The minimum absolute atomic E-state index is 0.0743. The summed E-state index contributed by atoms with van der Waals surface area (Å²) in [6.45, 7) is 1.85. The molecule has 53 heavy (non-hydrogen) atoms. The van der Waals surface area contributed by atoms with Crippen molar-refractivity contribution < 1.29 is 48.1 Å². The number of ketones is 1. The van der Waals surface area contributed by atoms with Gasteiger partial charge in [-0.25, -0.2) is 4.79 Å². The van der Waals surface area contributed by atoms with Crippen LogP contribution in [0.1, 0.15) is 90.7 Å². The van der Waals surface area contributed by atoms with Crippen LogP contribution in [0.3, 0.4) is 0 Å². The Morgan fingerprint density at radius 3 is 2.49 bits per heavy atom. The fourth-order valence-corrected chi connectivity index (χ4v) is 6.23. The number of hydrogen-bond acceptors (Lipinski definition) is 13. The molecule has 0 radical (unpaired) electrons. The molecule has 2 aromatic heterocycles. The van der Waals surface area contributed by atoms with Crippen LogP contribution in [-0.4, -0.2) is 77.0 Å². The van der Waals surface area contributed by atoms with Crippen LogP contribution in [0.4, 0.5) is 0 Å². The van der Waals surface area contributed by atoms with Crippen molar-refractivity contribution in [2.24, 2.45) is 0 Å². The molecule has 1 aliphatic rings. The lowest BCUT2D eigenvalue weighted by atomic mass is 9.84. The van der Waals surface area contributed by atoms with Crippen LogP contribution in [0.25, 0.3) is 17.6 Å². The number of amides is 1. The van der Waals surface area contributed by atoms with E-state index in [-0.39, 0.29) is 59.1 Å². The Balaban J connectivity index is 1.50. The third-order valence-corrected chi connectivity index (χ3v) is 8.90. The predicted octanol–water partition coefficient (Wildman–Crippen LogP) is 5.93. The van der Waals surface area contributed by atoms with E-state index in [1.54, 1.807) is 49.5 Å². The second-order valence-corrected chi connectivity index (χ2v) is 12.6. The lowest BCUT2D eigenvalue weighted by Gasteiger charge is -2.24. The first-order valence-electron chi connectivity index (χ1n) is 17.4. The number of allylic oxidation sites excluding steroid dienone is 1. The lowest BCUT2D eigenvalue weighted by molar-refractivity contribution is -0.121. The summed E-state index contributed by atoms with van der Waals surface area (Å²) in [6, 6.07) is 9.93. The van der Waals surface area contributed by atoms with Gasteiger partial charge in [0.15, 0.2) is 11.5 Å². The smallest absolute Gasteiger partial charge is 0.342 e. The monoisotopic (exact) mass is 728 g/mol. The van der Waals surface area contributed by atoms with E-state index in [9.17, 15) is 24.6 Å². The molecule has 1 unspecified atom stereocenters. The van der Waals surface area contributed by atoms with Gasteiger partial charge < -0.3 is 39.0 Å². The summed E-state index contributed by atoms with van der Waals surface area (Å²) in [5.74, 6) is -1.56. The van der Waals surface area contributed by atoms with Crippen molar-refractivity contribution in [1.29, 1.82) is 0 Å². The average molecular weight is 729 g/mol. The number of aromatic hydroxyl groups is 2. The first-order chi connectivity index (χ1) is 25.6.